The number of nitrogens with two attached hydrogens (primary N) is 1. The molecule has 0 spiro atoms. The van der Waals surface area contributed by atoms with Crippen LogP contribution < -0.4 is 10.5 Å². The Kier molecular flexibility index (Phi) is 4.45. The zero-order valence-electron chi connectivity index (χ0n) is 11.4. The van der Waals surface area contributed by atoms with Gasteiger partial charge in [0.2, 0.25) is 0 Å². The Morgan fingerprint density at radius 3 is 2.70 bits per heavy atom. The molecule has 3 nitrogen and oxygen atoms in total. The number of nitrogen functional groups attached to an aromatic ring is 1. The fraction of sp³-hybridized carbons (Fsp3) is 0.188. The Balaban J connectivity index is 2.30. The molecule has 0 aliphatic carbocycles. The summed E-state index contributed by atoms with van der Waals surface area (Å²) in [7, 11) is 1.60. The number of anilines is 1. The number of carbonyl (C=O) groups excluding carboxylic acids is 1. The third-order valence-electron chi connectivity index (χ3n) is 3.11. The summed E-state index contributed by atoms with van der Waals surface area (Å²) in [5, 5.41) is 0. The molecule has 0 fully saturated rings. The van der Waals surface area contributed by atoms with Crippen molar-refractivity contribution < 1.29 is 9.53 Å². The van der Waals surface area contributed by atoms with Crippen molar-refractivity contribution in [1.29, 1.82) is 0 Å². The maximum Gasteiger partial charge on any atom is 0.169 e. The lowest BCUT2D eigenvalue weighted by Crippen LogP contribution is -2.08. The predicted molar refractivity (Wildman–Crippen MR) is 84.3 cm³/mol. The fourth-order valence-electron chi connectivity index (χ4n) is 1.99. The van der Waals surface area contributed by atoms with Crippen LogP contribution in [0.2, 0.25) is 0 Å². The topological polar surface area (TPSA) is 52.3 Å². The second kappa shape index (κ2) is 6.09. The van der Waals surface area contributed by atoms with Gasteiger partial charge in [0.1, 0.15) is 5.75 Å². The van der Waals surface area contributed by atoms with E-state index in [9.17, 15) is 4.79 Å². The smallest absolute Gasteiger partial charge is 0.169 e. The van der Waals surface area contributed by atoms with Crippen LogP contribution in [0.5, 0.6) is 5.75 Å². The molecule has 0 aliphatic heterocycles. The highest BCUT2D eigenvalue weighted by Gasteiger charge is 2.13. The first-order valence-electron chi connectivity index (χ1n) is 6.23. The summed E-state index contributed by atoms with van der Waals surface area (Å²) in [6.07, 6.45) is 0.283. The van der Waals surface area contributed by atoms with Gasteiger partial charge in [0, 0.05) is 22.1 Å². The summed E-state index contributed by atoms with van der Waals surface area (Å²) >= 11 is 3.45. The number of halogens is 1. The van der Waals surface area contributed by atoms with E-state index in [0.29, 0.717) is 11.3 Å². The summed E-state index contributed by atoms with van der Waals surface area (Å²) in [6.45, 7) is 1.94. The molecule has 4 heteroatoms. The number of carbonyl (C=O) groups is 1. The van der Waals surface area contributed by atoms with Crippen LogP contribution in [0.15, 0.2) is 40.9 Å². The number of hydrogen-bond donors (Lipinski definition) is 1. The highest BCUT2D eigenvalue weighted by Crippen LogP contribution is 2.25. The van der Waals surface area contributed by atoms with Gasteiger partial charge in [-0.05, 0) is 42.8 Å². The third-order valence-corrected chi connectivity index (χ3v) is 3.89. The van der Waals surface area contributed by atoms with Crippen molar-refractivity contribution in [3.63, 3.8) is 0 Å². The molecule has 0 aromatic heterocycles. The van der Waals surface area contributed by atoms with E-state index < -0.39 is 0 Å². The molecular formula is C16H16BrNO2. The molecule has 0 saturated carbocycles. The second-order valence-electron chi connectivity index (χ2n) is 4.65. The van der Waals surface area contributed by atoms with E-state index in [1.165, 1.54) is 0 Å². The third kappa shape index (κ3) is 3.20. The molecule has 2 rings (SSSR count). The summed E-state index contributed by atoms with van der Waals surface area (Å²) in [4.78, 5) is 12.4. The molecule has 0 heterocycles. The standard InChI is InChI=1S/C16H16BrNO2/c1-10-3-6-15(18)13(7-10)16(19)9-11-8-12(20-2)4-5-14(11)17/h3-8H,9,18H2,1-2H3. The van der Waals surface area contributed by atoms with E-state index in [-0.39, 0.29) is 12.2 Å². The van der Waals surface area contributed by atoms with Crippen molar-refractivity contribution in [2.75, 3.05) is 12.8 Å². The number of hydrogen-bond acceptors (Lipinski definition) is 3. The highest BCUT2D eigenvalue weighted by molar-refractivity contribution is 9.10. The zero-order valence-corrected chi connectivity index (χ0v) is 13.0. The Morgan fingerprint density at radius 1 is 1.25 bits per heavy atom. The maximum atomic E-state index is 12.4. The minimum absolute atomic E-state index is 0.000142. The lowest BCUT2D eigenvalue weighted by Gasteiger charge is -2.09. The quantitative estimate of drug-likeness (QED) is 0.684. The lowest BCUT2D eigenvalue weighted by atomic mass is 10.00. The molecule has 2 N–H and O–H groups in total. The maximum absolute atomic E-state index is 12.4. The number of benzene rings is 2. The average Bonchev–Trinajstić information content (AvgIpc) is 2.43. The van der Waals surface area contributed by atoms with Gasteiger partial charge in [0.15, 0.2) is 5.78 Å². The van der Waals surface area contributed by atoms with Crippen LogP contribution in [0.1, 0.15) is 21.5 Å². The van der Waals surface area contributed by atoms with Gasteiger partial charge in [-0.25, -0.2) is 0 Å². The van der Waals surface area contributed by atoms with Gasteiger partial charge >= 0.3 is 0 Å². The van der Waals surface area contributed by atoms with Gasteiger partial charge in [-0.1, -0.05) is 27.6 Å². The minimum Gasteiger partial charge on any atom is -0.497 e. The first-order chi connectivity index (χ1) is 9.51. The normalized spacial score (nSPS) is 10.3. The van der Waals surface area contributed by atoms with Crippen LogP contribution >= 0.6 is 15.9 Å². The lowest BCUT2D eigenvalue weighted by molar-refractivity contribution is 0.0993. The van der Waals surface area contributed by atoms with Gasteiger partial charge in [-0.15, -0.1) is 0 Å². The van der Waals surface area contributed by atoms with Crippen molar-refractivity contribution in [1.82, 2.24) is 0 Å². The molecule has 20 heavy (non-hydrogen) atoms. The molecule has 0 saturated heterocycles. The summed E-state index contributed by atoms with van der Waals surface area (Å²) in [5.74, 6) is 0.730. The van der Waals surface area contributed by atoms with E-state index >= 15 is 0 Å². The number of methoxy groups -OCH3 is 1. The molecule has 2 aromatic rings. The Labute approximate surface area is 126 Å². The number of rotatable bonds is 4. The summed E-state index contributed by atoms with van der Waals surface area (Å²) < 4.78 is 6.07. The summed E-state index contributed by atoms with van der Waals surface area (Å²) in [6, 6.07) is 11.1. The minimum atomic E-state index is 0.000142. The molecule has 0 atom stereocenters. The van der Waals surface area contributed by atoms with Crippen molar-refractivity contribution in [2.45, 2.75) is 13.3 Å². The molecule has 0 aliphatic rings. The molecule has 0 radical (unpaired) electrons. The van der Waals surface area contributed by atoms with Crippen LogP contribution in [0, 0.1) is 6.92 Å². The molecule has 0 bridgehead atoms. The SMILES string of the molecule is COc1ccc(Br)c(CC(=O)c2cc(C)ccc2N)c1. The van der Waals surface area contributed by atoms with Crippen molar-refractivity contribution >= 4 is 27.4 Å². The largest absolute Gasteiger partial charge is 0.497 e. The van der Waals surface area contributed by atoms with Crippen LogP contribution in [0.3, 0.4) is 0 Å². The van der Waals surface area contributed by atoms with Crippen LogP contribution in [-0.4, -0.2) is 12.9 Å². The van der Waals surface area contributed by atoms with E-state index in [2.05, 4.69) is 15.9 Å². The van der Waals surface area contributed by atoms with E-state index in [4.69, 9.17) is 10.5 Å². The first-order valence-corrected chi connectivity index (χ1v) is 7.02. The monoisotopic (exact) mass is 333 g/mol. The Morgan fingerprint density at radius 2 is 2.00 bits per heavy atom. The van der Waals surface area contributed by atoms with Gasteiger partial charge in [-0.3, -0.25) is 4.79 Å². The van der Waals surface area contributed by atoms with Gasteiger partial charge in [-0.2, -0.15) is 0 Å². The van der Waals surface area contributed by atoms with Gasteiger partial charge in [0.05, 0.1) is 7.11 Å². The zero-order chi connectivity index (χ0) is 14.7. The molecular weight excluding hydrogens is 318 g/mol. The molecule has 104 valence electrons. The van der Waals surface area contributed by atoms with Crippen molar-refractivity contribution in [3.8, 4) is 5.75 Å². The number of ketones is 1. The molecule has 0 amide bonds. The molecule has 2 aromatic carbocycles. The van der Waals surface area contributed by atoms with Crippen LogP contribution in [0.4, 0.5) is 5.69 Å². The Hall–Kier alpha value is -1.81. The van der Waals surface area contributed by atoms with Crippen molar-refractivity contribution in [2.24, 2.45) is 0 Å². The van der Waals surface area contributed by atoms with Crippen LogP contribution in [0.25, 0.3) is 0 Å². The summed E-state index contributed by atoms with van der Waals surface area (Å²) in [5.41, 5.74) is 8.87. The van der Waals surface area contributed by atoms with E-state index in [1.54, 1.807) is 13.2 Å². The van der Waals surface area contributed by atoms with Crippen molar-refractivity contribution in [3.05, 3.63) is 57.6 Å². The number of ether oxygens (including phenoxy) is 1. The van der Waals surface area contributed by atoms with Crippen LogP contribution in [-0.2, 0) is 6.42 Å². The average molecular weight is 334 g/mol. The van der Waals surface area contributed by atoms with Gasteiger partial charge in [0.25, 0.3) is 0 Å². The van der Waals surface area contributed by atoms with Gasteiger partial charge < -0.3 is 10.5 Å². The molecule has 0 unspecified atom stereocenters. The second-order valence-corrected chi connectivity index (χ2v) is 5.50. The highest BCUT2D eigenvalue weighted by atomic mass is 79.9. The first kappa shape index (κ1) is 14.6. The Bertz CT molecular complexity index is 653. The number of aryl methyl sites for hydroxylation is 1. The number of Topliss-reactive ketones (excluding diaryl/α,β-unsaturated/α-hetero) is 1. The predicted octanol–water partition coefficient (Wildman–Crippen LogP) is 3.77. The van der Waals surface area contributed by atoms with E-state index in [1.807, 2.05) is 37.3 Å². The fourth-order valence-corrected chi connectivity index (χ4v) is 2.38. The van der Waals surface area contributed by atoms with E-state index in [0.717, 1.165) is 21.3 Å².